The number of β-amino-alcohol motifs (C(OH)–C–C–N with tert-alkyl or cyclic N) is 1. The van der Waals surface area contributed by atoms with Crippen molar-refractivity contribution >= 4 is 5.69 Å². The van der Waals surface area contributed by atoms with Gasteiger partial charge in [0.1, 0.15) is 12.4 Å². The second-order valence-corrected chi connectivity index (χ2v) is 3.03. The Morgan fingerprint density at radius 1 is 1.24 bits per heavy atom. The summed E-state index contributed by atoms with van der Waals surface area (Å²) in [6.45, 7) is 6.43. The lowest BCUT2D eigenvalue weighted by atomic mass is 10.2. The fraction of sp³-hybridized carbons (Fsp3) is 0.538. The van der Waals surface area contributed by atoms with E-state index in [2.05, 4.69) is 4.90 Å². The summed E-state index contributed by atoms with van der Waals surface area (Å²) in [7, 11) is 1.00. The standard InChI is InChI=1S/C10H13NO2.C2H6.CH4O/c12-7-5-11-6-8-13-10-4-2-1-3-9(10)11;2*1-2/h1-4,12H,5-8H2;1-2H3;2H,1H3. The number of para-hydroxylation sites is 2. The third-order valence-electron chi connectivity index (χ3n) is 2.19. The van der Waals surface area contributed by atoms with Crippen LogP contribution in [0.1, 0.15) is 13.8 Å². The second kappa shape index (κ2) is 9.93. The van der Waals surface area contributed by atoms with Crippen molar-refractivity contribution in [2.45, 2.75) is 13.8 Å². The number of rotatable bonds is 2. The van der Waals surface area contributed by atoms with Crippen LogP contribution >= 0.6 is 0 Å². The van der Waals surface area contributed by atoms with E-state index < -0.39 is 0 Å². The fourth-order valence-electron chi connectivity index (χ4n) is 1.58. The van der Waals surface area contributed by atoms with Gasteiger partial charge in [0.25, 0.3) is 0 Å². The normalized spacial score (nSPS) is 12.2. The molecule has 1 aliphatic heterocycles. The molecule has 0 fully saturated rings. The first-order chi connectivity index (χ1) is 8.42. The lowest BCUT2D eigenvalue weighted by Gasteiger charge is -2.30. The molecule has 0 radical (unpaired) electrons. The monoisotopic (exact) mass is 241 g/mol. The van der Waals surface area contributed by atoms with E-state index in [9.17, 15) is 0 Å². The number of anilines is 1. The number of ether oxygens (including phenoxy) is 1. The zero-order chi connectivity index (χ0) is 13.1. The smallest absolute Gasteiger partial charge is 0.142 e. The third kappa shape index (κ3) is 4.63. The van der Waals surface area contributed by atoms with E-state index >= 15 is 0 Å². The van der Waals surface area contributed by atoms with Crippen molar-refractivity contribution in [3.8, 4) is 5.75 Å². The number of nitrogens with zero attached hydrogens (tertiary/aromatic N) is 1. The molecule has 0 saturated heterocycles. The molecule has 1 heterocycles. The summed E-state index contributed by atoms with van der Waals surface area (Å²) < 4.78 is 5.48. The average Bonchev–Trinajstić information content (AvgIpc) is 2.44. The maximum atomic E-state index is 8.86. The molecule has 0 aliphatic carbocycles. The van der Waals surface area contributed by atoms with Gasteiger partial charge >= 0.3 is 0 Å². The fourth-order valence-corrected chi connectivity index (χ4v) is 1.58. The Bertz CT molecular complexity index is 292. The minimum atomic E-state index is 0.189. The summed E-state index contributed by atoms with van der Waals surface area (Å²) in [5.74, 6) is 0.919. The summed E-state index contributed by atoms with van der Waals surface area (Å²) in [5.41, 5.74) is 1.09. The predicted octanol–water partition coefficient (Wildman–Crippen LogP) is 1.51. The van der Waals surface area contributed by atoms with Crippen molar-refractivity contribution in [3.05, 3.63) is 24.3 Å². The maximum absolute atomic E-state index is 8.86. The highest BCUT2D eigenvalue weighted by Crippen LogP contribution is 2.30. The van der Waals surface area contributed by atoms with Crippen LogP contribution in [-0.4, -0.2) is 43.6 Å². The van der Waals surface area contributed by atoms with Gasteiger partial charge in [-0.05, 0) is 12.1 Å². The summed E-state index contributed by atoms with van der Waals surface area (Å²) >= 11 is 0. The molecular formula is C13H23NO3. The zero-order valence-corrected chi connectivity index (χ0v) is 10.9. The summed E-state index contributed by atoms with van der Waals surface area (Å²) in [6.07, 6.45) is 0. The number of hydrogen-bond acceptors (Lipinski definition) is 4. The summed E-state index contributed by atoms with van der Waals surface area (Å²) in [5, 5.41) is 15.9. The molecule has 0 aromatic heterocycles. The van der Waals surface area contributed by atoms with Gasteiger partial charge in [-0.1, -0.05) is 26.0 Å². The minimum Gasteiger partial charge on any atom is -0.490 e. The second-order valence-electron chi connectivity index (χ2n) is 3.03. The lowest BCUT2D eigenvalue weighted by Crippen LogP contribution is -2.34. The number of aliphatic hydroxyl groups excluding tert-OH is 2. The van der Waals surface area contributed by atoms with E-state index in [1.807, 2.05) is 38.1 Å². The quantitative estimate of drug-likeness (QED) is 0.824. The Labute approximate surface area is 103 Å². The van der Waals surface area contributed by atoms with Crippen molar-refractivity contribution in [2.24, 2.45) is 0 Å². The molecule has 0 saturated carbocycles. The Balaban J connectivity index is 0.000000581. The van der Waals surface area contributed by atoms with E-state index in [0.717, 1.165) is 25.1 Å². The molecule has 98 valence electrons. The molecular weight excluding hydrogens is 218 g/mol. The molecule has 4 heteroatoms. The summed E-state index contributed by atoms with van der Waals surface area (Å²) in [4.78, 5) is 2.14. The van der Waals surface area contributed by atoms with E-state index in [0.29, 0.717) is 13.2 Å². The van der Waals surface area contributed by atoms with Crippen LogP contribution in [0.5, 0.6) is 5.75 Å². The zero-order valence-electron chi connectivity index (χ0n) is 10.9. The molecule has 0 atom stereocenters. The van der Waals surface area contributed by atoms with Crippen LogP contribution in [0.2, 0.25) is 0 Å². The molecule has 1 aliphatic rings. The van der Waals surface area contributed by atoms with E-state index in [-0.39, 0.29) is 6.61 Å². The highest BCUT2D eigenvalue weighted by Gasteiger charge is 2.15. The maximum Gasteiger partial charge on any atom is 0.142 e. The predicted molar refractivity (Wildman–Crippen MR) is 70.7 cm³/mol. The molecule has 2 N–H and O–H groups in total. The van der Waals surface area contributed by atoms with Crippen LogP contribution in [0.3, 0.4) is 0 Å². The molecule has 0 spiro atoms. The number of aliphatic hydroxyl groups is 2. The van der Waals surface area contributed by atoms with Gasteiger partial charge in [0, 0.05) is 13.7 Å². The first kappa shape index (κ1) is 15.7. The first-order valence-corrected chi connectivity index (χ1v) is 5.94. The van der Waals surface area contributed by atoms with Crippen LogP contribution in [0.25, 0.3) is 0 Å². The highest BCUT2D eigenvalue weighted by molar-refractivity contribution is 5.59. The van der Waals surface area contributed by atoms with Gasteiger partial charge in [-0.25, -0.2) is 0 Å². The largest absolute Gasteiger partial charge is 0.490 e. The number of benzene rings is 1. The third-order valence-corrected chi connectivity index (χ3v) is 2.19. The molecule has 0 bridgehead atoms. The average molecular weight is 241 g/mol. The van der Waals surface area contributed by atoms with Gasteiger partial charge in [0.05, 0.1) is 18.8 Å². The van der Waals surface area contributed by atoms with Crippen LogP contribution in [0.4, 0.5) is 5.69 Å². The SMILES string of the molecule is CC.CO.OCCN1CCOc2ccccc21. The van der Waals surface area contributed by atoms with Gasteiger partial charge in [0.15, 0.2) is 0 Å². The van der Waals surface area contributed by atoms with Crippen molar-refractivity contribution in [3.63, 3.8) is 0 Å². The van der Waals surface area contributed by atoms with Crippen molar-refractivity contribution < 1.29 is 14.9 Å². The molecule has 4 nitrogen and oxygen atoms in total. The molecule has 1 aromatic rings. The Morgan fingerprint density at radius 2 is 1.88 bits per heavy atom. The van der Waals surface area contributed by atoms with Gasteiger partial charge in [0.2, 0.25) is 0 Å². The summed E-state index contributed by atoms with van der Waals surface area (Å²) in [6, 6.07) is 7.92. The van der Waals surface area contributed by atoms with Crippen LogP contribution in [0.15, 0.2) is 24.3 Å². The lowest BCUT2D eigenvalue weighted by molar-refractivity contribution is 0.278. The van der Waals surface area contributed by atoms with Gasteiger partial charge in [-0.3, -0.25) is 0 Å². The van der Waals surface area contributed by atoms with Gasteiger partial charge in [-0.15, -0.1) is 0 Å². The molecule has 0 unspecified atom stereocenters. The number of fused-ring (bicyclic) bond motifs is 1. The van der Waals surface area contributed by atoms with Crippen molar-refractivity contribution in [2.75, 3.05) is 38.3 Å². The van der Waals surface area contributed by atoms with Crippen LogP contribution < -0.4 is 9.64 Å². The minimum absolute atomic E-state index is 0.189. The number of hydrogen-bond donors (Lipinski definition) is 2. The Morgan fingerprint density at radius 3 is 2.53 bits per heavy atom. The van der Waals surface area contributed by atoms with E-state index in [1.54, 1.807) is 0 Å². The first-order valence-electron chi connectivity index (χ1n) is 5.94. The van der Waals surface area contributed by atoms with Gasteiger partial charge < -0.3 is 19.8 Å². The molecule has 17 heavy (non-hydrogen) atoms. The Hall–Kier alpha value is -1.26. The topological polar surface area (TPSA) is 52.9 Å². The van der Waals surface area contributed by atoms with E-state index in [1.165, 1.54) is 0 Å². The van der Waals surface area contributed by atoms with Crippen LogP contribution in [0, 0.1) is 0 Å². The molecule has 2 rings (SSSR count). The van der Waals surface area contributed by atoms with E-state index in [4.69, 9.17) is 14.9 Å². The van der Waals surface area contributed by atoms with Crippen LogP contribution in [-0.2, 0) is 0 Å². The highest BCUT2D eigenvalue weighted by atomic mass is 16.5. The van der Waals surface area contributed by atoms with Crippen molar-refractivity contribution in [1.82, 2.24) is 0 Å². The molecule has 0 amide bonds. The Kier molecular flexibility index (Phi) is 9.19. The molecule has 1 aromatic carbocycles. The van der Waals surface area contributed by atoms with Crippen molar-refractivity contribution in [1.29, 1.82) is 0 Å². The van der Waals surface area contributed by atoms with Gasteiger partial charge in [-0.2, -0.15) is 0 Å².